The second-order valence-electron chi connectivity index (χ2n) is 3.74. The fraction of sp³-hybridized carbons (Fsp3) is 0.182. The van der Waals surface area contributed by atoms with Gasteiger partial charge in [0.2, 0.25) is 5.91 Å². The van der Waals surface area contributed by atoms with Gasteiger partial charge in [-0.05, 0) is 12.1 Å². The summed E-state index contributed by atoms with van der Waals surface area (Å²) in [7, 11) is 0. The van der Waals surface area contributed by atoms with Crippen LogP contribution in [0.1, 0.15) is 5.69 Å². The van der Waals surface area contributed by atoms with Crippen molar-refractivity contribution in [2.75, 3.05) is 0 Å². The van der Waals surface area contributed by atoms with Crippen LogP contribution < -0.4 is 17.0 Å². The van der Waals surface area contributed by atoms with Gasteiger partial charge in [-0.2, -0.15) is 0 Å². The predicted molar refractivity (Wildman–Crippen MR) is 63.2 cm³/mol. The summed E-state index contributed by atoms with van der Waals surface area (Å²) in [5.41, 5.74) is 11.7. The minimum atomic E-state index is -0.898. The Hall–Kier alpha value is -2.21. The number of nitrogens with two attached hydrogens (primary N) is 2. The second-order valence-corrected chi connectivity index (χ2v) is 3.74. The lowest BCUT2D eigenvalue weighted by molar-refractivity contribution is -0.119. The van der Waals surface area contributed by atoms with Gasteiger partial charge in [0.05, 0.1) is 17.1 Å². The van der Waals surface area contributed by atoms with Gasteiger partial charge < -0.3 is 16.5 Å². The van der Waals surface area contributed by atoms with Gasteiger partial charge in [-0.25, -0.2) is 4.98 Å². The van der Waals surface area contributed by atoms with Crippen LogP contribution in [-0.2, 0) is 11.2 Å². The van der Waals surface area contributed by atoms with Crippen LogP contribution in [0.15, 0.2) is 29.1 Å². The molecule has 1 aromatic carbocycles. The molecule has 17 heavy (non-hydrogen) atoms. The van der Waals surface area contributed by atoms with E-state index in [0.29, 0.717) is 11.0 Å². The predicted octanol–water partition coefficient (Wildman–Crippen LogP) is -0.722. The molecule has 88 valence electrons. The average molecular weight is 232 g/mol. The van der Waals surface area contributed by atoms with Crippen LogP contribution in [0, 0.1) is 0 Å². The van der Waals surface area contributed by atoms with Gasteiger partial charge >= 0.3 is 0 Å². The molecule has 1 atom stereocenters. The first-order chi connectivity index (χ1) is 8.08. The first-order valence-electron chi connectivity index (χ1n) is 5.11. The molecule has 0 saturated heterocycles. The van der Waals surface area contributed by atoms with E-state index in [2.05, 4.69) is 9.97 Å². The largest absolute Gasteiger partial charge is 0.368 e. The van der Waals surface area contributed by atoms with E-state index in [-0.39, 0.29) is 17.7 Å². The number of para-hydroxylation sites is 2. The Kier molecular flexibility index (Phi) is 2.88. The zero-order chi connectivity index (χ0) is 12.4. The number of carbonyl (C=O) groups excluding carboxylic acids is 1. The van der Waals surface area contributed by atoms with E-state index in [1.807, 2.05) is 6.07 Å². The van der Waals surface area contributed by atoms with Crippen molar-refractivity contribution in [3.05, 3.63) is 40.3 Å². The maximum Gasteiger partial charge on any atom is 0.270 e. The SMILES string of the molecule is NC(=O)C(N)Cc1nc2ccccc2[nH]c1=O. The van der Waals surface area contributed by atoms with E-state index in [1.165, 1.54) is 0 Å². The third-order valence-corrected chi connectivity index (χ3v) is 2.45. The zero-order valence-corrected chi connectivity index (χ0v) is 9.01. The Balaban J connectivity index is 2.44. The number of nitrogens with one attached hydrogen (secondary N) is 1. The third kappa shape index (κ3) is 2.31. The highest BCUT2D eigenvalue weighted by molar-refractivity contribution is 5.80. The molecule has 1 heterocycles. The summed E-state index contributed by atoms with van der Waals surface area (Å²) in [6, 6.07) is 6.23. The monoisotopic (exact) mass is 232 g/mol. The number of H-pyrrole nitrogens is 1. The summed E-state index contributed by atoms with van der Waals surface area (Å²) in [5.74, 6) is -0.653. The van der Waals surface area contributed by atoms with Crippen molar-refractivity contribution in [3.8, 4) is 0 Å². The number of carbonyl (C=O) groups is 1. The normalized spacial score (nSPS) is 12.5. The van der Waals surface area contributed by atoms with Crippen molar-refractivity contribution in [2.45, 2.75) is 12.5 Å². The Morgan fingerprint density at radius 3 is 2.82 bits per heavy atom. The maximum atomic E-state index is 11.7. The number of aromatic nitrogens is 2. The average Bonchev–Trinajstić information content (AvgIpc) is 2.29. The fourth-order valence-electron chi connectivity index (χ4n) is 1.51. The number of rotatable bonds is 3. The number of aromatic amines is 1. The molecular weight excluding hydrogens is 220 g/mol. The number of fused-ring (bicyclic) bond motifs is 1. The second kappa shape index (κ2) is 4.34. The van der Waals surface area contributed by atoms with Crippen LogP contribution in [-0.4, -0.2) is 21.9 Å². The fourth-order valence-corrected chi connectivity index (χ4v) is 1.51. The van der Waals surface area contributed by atoms with E-state index in [4.69, 9.17) is 11.5 Å². The van der Waals surface area contributed by atoms with E-state index in [9.17, 15) is 9.59 Å². The van der Waals surface area contributed by atoms with Crippen LogP contribution >= 0.6 is 0 Å². The van der Waals surface area contributed by atoms with Crippen LogP contribution in [0.3, 0.4) is 0 Å². The zero-order valence-electron chi connectivity index (χ0n) is 9.01. The molecule has 1 amide bonds. The van der Waals surface area contributed by atoms with Gasteiger partial charge in [0, 0.05) is 6.42 Å². The number of nitrogens with zero attached hydrogens (tertiary/aromatic N) is 1. The molecule has 0 fully saturated rings. The van der Waals surface area contributed by atoms with Gasteiger partial charge in [-0.15, -0.1) is 0 Å². The molecule has 6 heteroatoms. The first kappa shape index (κ1) is 11.3. The van der Waals surface area contributed by atoms with E-state index >= 15 is 0 Å². The standard InChI is InChI=1S/C11H12N4O2/c12-6(10(13)16)5-9-11(17)15-8-4-2-1-3-7(8)14-9/h1-4,6H,5,12H2,(H2,13,16)(H,15,17). The smallest absolute Gasteiger partial charge is 0.270 e. The molecule has 0 bridgehead atoms. The van der Waals surface area contributed by atoms with E-state index in [1.54, 1.807) is 18.2 Å². The van der Waals surface area contributed by atoms with Crippen molar-refractivity contribution in [3.63, 3.8) is 0 Å². The first-order valence-corrected chi connectivity index (χ1v) is 5.11. The summed E-state index contributed by atoms with van der Waals surface area (Å²) >= 11 is 0. The summed E-state index contributed by atoms with van der Waals surface area (Å²) in [6.07, 6.45) is 0.0372. The summed E-state index contributed by atoms with van der Waals surface area (Å²) in [6.45, 7) is 0. The topological polar surface area (TPSA) is 115 Å². The van der Waals surface area contributed by atoms with Gasteiger partial charge in [-0.1, -0.05) is 12.1 Å². The molecule has 0 aliphatic heterocycles. The van der Waals surface area contributed by atoms with Crippen LogP contribution in [0.2, 0.25) is 0 Å². The quantitative estimate of drug-likeness (QED) is 0.647. The Morgan fingerprint density at radius 2 is 2.12 bits per heavy atom. The number of benzene rings is 1. The van der Waals surface area contributed by atoms with Crippen molar-refractivity contribution in [1.29, 1.82) is 0 Å². The molecule has 5 N–H and O–H groups in total. The van der Waals surface area contributed by atoms with Crippen LogP contribution in [0.5, 0.6) is 0 Å². The molecule has 0 spiro atoms. The number of hydrogen-bond acceptors (Lipinski definition) is 4. The summed E-state index contributed by atoms with van der Waals surface area (Å²) in [5, 5.41) is 0. The summed E-state index contributed by atoms with van der Waals surface area (Å²) in [4.78, 5) is 29.3. The van der Waals surface area contributed by atoms with Crippen LogP contribution in [0.4, 0.5) is 0 Å². The molecule has 2 rings (SSSR count). The van der Waals surface area contributed by atoms with Crippen molar-refractivity contribution < 1.29 is 4.79 Å². The summed E-state index contributed by atoms with van der Waals surface area (Å²) < 4.78 is 0. The maximum absolute atomic E-state index is 11.7. The lowest BCUT2D eigenvalue weighted by Gasteiger charge is -2.06. The third-order valence-electron chi connectivity index (χ3n) is 2.45. The minimum Gasteiger partial charge on any atom is -0.368 e. The lowest BCUT2D eigenvalue weighted by atomic mass is 10.1. The molecule has 1 aromatic heterocycles. The van der Waals surface area contributed by atoms with Gasteiger partial charge in [-0.3, -0.25) is 9.59 Å². The van der Waals surface area contributed by atoms with E-state index < -0.39 is 11.9 Å². The highest BCUT2D eigenvalue weighted by Crippen LogP contribution is 2.06. The Labute approximate surface area is 96.7 Å². The number of amides is 1. The Bertz CT molecular complexity index is 620. The molecule has 0 aliphatic rings. The van der Waals surface area contributed by atoms with E-state index in [0.717, 1.165) is 0 Å². The lowest BCUT2D eigenvalue weighted by Crippen LogP contribution is -2.39. The van der Waals surface area contributed by atoms with Crippen molar-refractivity contribution in [1.82, 2.24) is 9.97 Å². The Morgan fingerprint density at radius 1 is 1.41 bits per heavy atom. The molecule has 2 aromatic rings. The number of hydrogen-bond donors (Lipinski definition) is 3. The van der Waals surface area contributed by atoms with Gasteiger partial charge in [0.1, 0.15) is 5.69 Å². The highest BCUT2D eigenvalue weighted by Gasteiger charge is 2.14. The molecular formula is C11H12N4O2. The molecule has 1 unspecified atom stereocenters. The minimum absolute atomic E-state index is 0.0372. The number of primary amides is 1. The molecule has 0 saturated carbocycles. The van der Waals surface area contributed by atoms with Crippen molar-refractivity contribution >= 4 is 16.9 Å². The molecule has 0 aliphatic carbocycles. The van der Waals surface area contributed by atoms with Crippen molar-refractivity contribution in [2.24, 2.45) is 11.5 Å². The van der Waals surface area contributed by atoms with Gasteiger partial charge in [0.25, 0.3) is 5.56 Å². The highest BCUT2D eigenvalue weighted by atomic mass is 16.1. The molecule has 6 nitrogen and oxygen atoms in total. The molecule has 0 radical (unpaired) electrons. The van der Waals surface area contributed by atoms with Gasteiger partial charge in [0.15, 0.2) is 0 Å². The van der Waals surface area contributed by atoms with Crippen LogP contribution in [0.25, 0.3) is 11.0 Å².